The van der Waals surface area contributed by atoms with Gasteiger partial charge in [-0.25, -0.2) is 8.42 Å². The summed E-state index contributed by atoms with van der Waals surface area (Å²) in [6.07, 6.45) is 3.46. The number of carbonyl (C=O) groups is 1. The summed E-state index contributed by atoms with van der Waals surface area (Å²) >= 11 is 0. The first kappa shape index (κ1) is 17.5. The Balaban J connectivity index is 1.94. The van der Waals surface area contributed by atoms with Crippen LogP contribution < -0.4 is 10.0 Å². The van der Waals surface area contributed by atoms with Crippen LogP contribution >= 0.6 is 0 Å². The Morgan fingerprint density at radius 3 is 2.68 bits per heavy atom. The van der Waals surface area contributed by atoms with Crippen molar-refractivity contribution in [1.29, 1.82) is 0 Å². The van der Waals surface area contributed by atoms with Gasteiger partial charge < -0.3 is 5.32 Å². The lowest BCUT2D eigenvalue weighted by Crippen LogP contribution is -2.32. The summed E-state index contributed by atoms with van der Waals surface area (Å²) in [5.41, 5.74) is 1.46. The Hall–Kier alpha value is -2.35. The Kier molecular flexibility index (Phi) is 4.10. The highest BCUT2D eigenvalue weighted by Gasteiger charge is 2.33. The summed E-state index contributed by atoms with van der Waals surface area (Å²) in [7, 11) is -3.74. The Morgan fingerprint density at radius 2 is 2.04 bits per heavy atom. The van der Waals surface area contributed by atoms with E-state index in [4.69, 9.17) is 0 Å². The van der Waals surface area contributed by atoms with Crippen molar-refractivity contribution in [3.63, 3.8) is 0 Å². The van der Waals surface area contributed by atoms with Crippen LogP contribution in [0.1, 0.15) is 45.7 Å². The third-order valence-electron chi connectivity index (χ3n) is 4.29. The zero-order valence-electron chi connectivity index (χ0n) is 14.7. The zero-order valence-corrected chi connectivity index (χ0v) is 15.5. The smallest absolute Gasteiger partial charge is 0.262 e. The lowest BCUT2D eigenvalue weighted by molar-refractivity contribution is -0.117. The van der Waals surface area contributed by atoms with E-state index >= 15 is 0 Å². The maximum Gasteiger partial charge on any atom is 0.262 e. The second kappa shape index (κ2) is 5.87. The molecule has 0 fully saturated rings. The van der Waals surface area contributed by atoms with Gasteiger partial charge in [0.2, 0.25) is 5.91 Å². The van der Waals surface area contributed by atoms with E-state index in [-0.39, 0.29) is 16.8 Å². The Morgan fingerprint density at radius 1 is 1.32 bits per heavy atom. The second-order valence-corrected chi connectivity index (χ2v) is 8.91. The fraction of sp³-hybridized carbons (Fsp3) is 0.412. The summed E-state index contributed by atoms with van der Waals surface area (Å²) in [6.45, 7) is 7.79. The van der Waals surface area contributed by atoms with Crippen molar-refractivity contribution in [2.45, 2.75) is 50.5 Å². The fourth-order valence-corrected chi connectivity index (χ4v) is 3.99. The number of carbonyl (C=O) groups excluding carboxylic acids is 1. The number of fused-ring (bicyclic) bond motifs is 1. The van der Waals surface area contributed by atoms with Crippen LogP contribution in [0.3, 0.4) is 0 Å². The molecule has 1 aliphatic heterocycles. The molecule has 2 aromatic rings. The Labute approximate surface area is 147 Å². The number of rotatable bonds is 4. The molecule has 2 heterocycles. The van der Waals surface area contributed by atoms with E-state index in [1.165, 1.54) is 12.3 Å². The number of nitrogens with one attached hydrogen (secondary N) is 2. The summed E-state index contributed by atoms with van der Waals surface area (Å²) in [5, 5.41) is 6.93. The molecule has 0 saturated carbocycles. The van der Waals surface area contributed by atoms with E-state index in [0.717, 1.165) is 5.56 Å². The van der Waals surface area contributed by atoms with Crippen molar-refractivity contribution in [3.05, 3.63) is 36.2 Å². The predicted octanol–water partition coefficient (Wildman–Crippen LogP) is 2.88. The number of amides is 1. The van der Waals surface area contributed by atoms with Crippen LogP contribution in [0.5, 0.6) is 0 Å². The molecule has 0 aliphatic carbocycles. The normalized spacial score (nSPS) is 16.4. The number of hydrogen-bond donors (Lipinski definition) is 2. The molecule has 0 unspecified atom stereocenters. The molecule has 1 aromatic carbocycles. The number of nitrogens with zero attached hydrogens (tertiary/aromatic N) is 2. The summed E-state index contributed by atoms with van der Waals surface area (Å²) in [4.78, 5) is 11.9. The first-order chi connectivity index (χ1) is 11.6. The van der Waals surface area contributed by atoms with Crippen molar-refractivity contribution in [2.75, 3.05) is 10.0 Å². The van der Waals surface area contributed by atoms with Crippen LogP contribution in [0.2, 0.25) is 0 Å². The van der Waals surface area contributed by atoms with E-state index < -0.39 is 15.4 Å². The quantitative estimate of drug-likeness (QED) is 0.874. The van der Waals surface area contributed by atoms with Crippen LogP contribution in [-0.2, 0) is 20.2 Å². The monoisotopic (exact) mass is 362 g/mol. The third-order valence-corrected chi connectivity index (χ3v) is 5.67. The molecule has 0 saturated heterocycles. The van der Waals surface area contributed by atoms with E-state index in [2.05, 4.69) is 15.1 Å². The van der Waals surface area contributed by atoms with E-state index in [9.17, 15) is 13.2 Å². The van der Waals surface area contributed by atoms with E-state index in [1.807, 2.05) is 27.7 Å². The summed E-state index contributed by atoms with van der Waals surface area (Å²) < 4.78 is 29.7. The highest BCUT2D eigenvalue weighted by Crippen LogP contribution is 2.38. The van der Waals surface area contributed by atoms with E-state index in [1.54, 1.807) is 23.0 Å². The van der Waals surface area contributed by atoms with Crippen LogP contribution in [0.25, 0.3) is 0 Å². The number of benzene rings is 1. The molecule has 7 nitrogen and oxygen atoms in total. The topological polar surface area (TPSA) is 93.1 Å². The van der Waals surface area contributed by atoms with Crippen LogP contribution in [-0.4, -0.2) is 24.1 Å². The van der Waals surface area contributed by atoms with Gasteiger partial charge in [0, 0.05) is 29.8 Å². The molecule has 0 radical (unpaired) electrons. The standard InChI is InChI=1S/C17H22N4O3S/c1-11(2)21-10-12(9-18-21)20-25(23,24)13-5-6-15-14(7-13)17(3,4)8-16(22)19-15/h5-7,9-11,20H,8H2,1-4H3,(H,19,22). The molecular weight excluding hydrogens is 340 g/mol. The minimum atomic E-state index is -3.74. The summed E-state index contributed by atoms with van der Waals surface area (Å²) in [6, 6.07) is 4.91. The van der Waals surface area contributed by atoms with Crippen molar-refractivity contribution in [1.82, 2.24) is 9.78 Å². The van der Waals surface area contributed by atoms with Gasteiger partial charge in [-0.2, -0.15) is 5.10 Å². The molecule has 25 heavy (non-hydrogen) atoms. The molecule has 3 rings (SSSR count). The molecule has 0 bridgehead atoms. The van der Waals surface area contributed by atoms with Gasteiger partial charge in [0.25, 0.3) is 10.0 Å². The number of hydrogen-bond acceptors (Lipinski definition) is 4. The molecule has 2 N–H and O–H groups in total. The Bertz CT molecular complexity index is 929. The SMILES string of the molecule is CC(C)n1cc(NS(=O)(=O)c2ccc3c(c2)C(C)(C)CC(=O)N3)cn1. The van der Waals surface area contributed by atoms with Crippen LogP contribution in [0, 0.1) is 0 Å². The minimum Gasteiger partial charge on any atom is -0.326 e. The zero-order chi connectivity index (χ0) is 18.4. The number of sulfonamides is 1. The lowest BCUT2D eigenvalue weighted by atomic mass is 9.78. The van der Waals surface area contributed by atoms with Gasteiger partial charge in [-0.3, -0.25) is 14.2 Å². The fourth-order valence-electron chi connectivity index (χ4n) is 2.94. The first-order valence-corrected chi connectivity index (χ1v) is 9.58. The van der Waals surface area contributed by atoms with Gasteiger partial charge in [0.1, 0.15) is 0 Å². The highest BCUT2D eigenvalue weighted by molar-refractivity contribution is 7.92. The van der Waals surface area contributed by atoms with Crippen molar-refractivity contribution in [2.24, 2.45) is 0 Å². The largest absolute Gasteiger partial charge is 0.326 e. The molecule has 134 valence electrons. The van der Waals surface area contributed by atoms with Crippen molar-refractivity contribution < 1.29 is 13.2 Å². The molecular formula is C17H22N4O3S. The predicted molar refractivity (Wildman–Crippen MR) is 96.1 cm³/mol. The van der Waals surface area contributed by atoms with Gasteiger partial charge in [-0.15, -0.1) is 0 Å². The lowest BCUT2D eigenvalue weighted by Gasteiger charge is -2.32. The average Bonchev–Trinajstić information content (AvgIpc) is 2.93. The first-order valence-electron chi connectivity index (χ1n) is 8.10. The van der Waals surface area contributed by atoms with Gasteiger partial charge >= 0.3 is 0 Å². The second-order valence-electron chi connectivity index (χ2n) is 7.22. The van der Waals surface area contributed by atoms with Gasteiger partial charge in [-0.1, -0.05) is 13.8 Å². The number of anilines is 2. The van der Waals surface area contributed by atoms with Gasteiger partial charge in [-0.05, 0) is 37.6 Å². The van der Waals surface area contributed by atoms with Crippen LogP contribution in [0.4, 0.5) is 11.4 Å². The highest BCUT2D eigenvalue weighted by atomic mass is 32.2. The minimum absolute atomic E-state index is 0.0627. The van der Waals surface area contributed by atoms with Crippen molar-refractivity contribution in [3.8, 4) is 0 Å². The number of aromatic nitrogens is 2. The molecule has 0 spiro atoms. The summed E-state index contributed by atoms with van der Waals surface area (Å²) in [5.74, 6) is -0.0627. The van der Waals surface area contributed by atoms with Crippen molar-refractivity contribution >= 4 is 27.3 Å². The molecule has 1 aromatic heterocycles. The van der Waals surface area contributed by atoms with E-state index in [0.29, 0.717) is 17.8 Å². The molecule has 1 amide bonds. The van der Waals surface area contributed by atoms with Gasteiger partial charge in [0.15, 0.2) is 0 Å². The van der Waals surface area contributed by atoms with Crippen LogP contribution in [0.15, 0.2) is 35.5 Å². The van der Waals surface area contributed by atoms with Gasteiger partial charge in [0.05, 0.1) is 16.8 Å². The molecule has 0 atom stereocenters. The maximum atomic E-state index is 12.7. The maximum absolute atomic E-state index is 12.7. The molecule has 1 aliphatic rings. The molecule has 8 heteroatoms. The third kappa shape index (κ3) is 3.39. The average molecular weight is 362 g/mol.